The van der Waals surface area contributed by atoms with Gasteiger partial charge in [-0.2, -0.15) is 4.31 Å². The van der Waals surface area contributed by atoms with Crippen LogP contribution in [0.3, 0.4) is 0 Å². The molecular formula is C12H26N2O2S. The zero-order valence-electron chi connectivity index (χ0n) is 11.1. The first-order valence-electron chi connectivity index (χ1n) is 6.72. The highest BCUT2D eigenvalue weighted by atomic mass is 32.2. The normalized spacial score (nSPS) is 25.5. The Hall–Kier alpha value is -0.130. The molecule has 5 heteroatoms. The lowest BCUT2D eigenvalue weighted by atomic mass is 10.0. The Bertz CT molecular complexity index is 314. The molecule has 0 bridgehead atoms. The monoisotopic (exact) mass is 262 g/mol. The fraction of sp³-hybridized carbons (Fsp3) is 1.00. The fourth-order valence-electron chi connectivity index (χ4n) is 2.56. The van der Waals surface area contributed by atoms with Crippen LogP contribution in [0.5, 0.6) is 0 Å². The largest absolute Gasteiger partial charge is 0.328 e. The quantitative estimate of drug-likeness (QED) is 0.820. The summed E-state index contributed by atoms with van der Waals surface area (Å²) in [5.41, 5.74) is 5.83. The predicted octanol–water partition coefficient (Wildman–Crippen LogP) is 1.71. The van der Waals surface area contributed by atoms with E-state index in [1.54, 1.807) is 4.31 Å². The van der Waals surface area contributed by atoms with Crippen LogP contribution in [-0.2, 0) is 10.0 Å². The van der Waals surface area contributed by atoms with E-state index in [0.29, 0.717) is 13.0 Å². The third kappa shape index (κ3) is 4.56. The summed E-state index contributed by atoms with van der Waals surface area (Å²) >= 11 is 0. The van der Waals surface area contributed by atoms with Crippen LogP contribution in [0.2, 0.25) is 0 Å². The molecule has 1 aliphatic rings. The highest BCUT2D eigenvalue weighted by Crippen LogP contribution is 2.23. The summed E-state index contributed by atoms with van der Waals surface area (Å²) in [5, 5.41) is 0. The summed E-state index contributed by atoms with van der Waals surface area (Å²) in [6.45, 7) is 4.55. The molecular weight excluding hydrogens is 236 g/mol. The van der Waals surface area contributed by atoms with E-state index in [1.807, 2.05) is 13.8 Å². The van der Waals surface area contributed by atoms with E-state index >= 15 is 0 Å². The maximum absolute atomic E-state index is 12.2. The predicted molar refractivity (Wildman–Crippen MR) is 71.3 cm³/mol. The molecule has 102 valence electrons. The lowest BCUT2D eigenvalue weighted by Crippen LogP contribution is -2.43. The Morgan fingerprint density at radius 1 is 1.35 bits per heavy atom. The lowest BCUT2D eigenvalue weighted by molar-refractivity contribution is 0.295. The second kappa shape index (κ2) is 6.71. The maximum atomic E-state index is 12.2. The number of hydrogen-bond donors (Lipinski definition) is 1. The standard InChI is InChI=1S/C12H26N2O2S/c1-3-9-17(15,16)14-8-6-4-5-7-12(14)10-11(2)13/h11-12H,3-10,13H2,1-2H3. The molecule has 17 heavy (non-hydrogen) atoms. The number of hydrogen-bond acceptors (Lipinski definition) is 3. The fourth-order valence-corrected chi connectivity index (χ4v) is 4.36. The molecule has 1 aliphatic heterocycles. The average molecular weight is 262 g/mol. The van der Waals surface area contributed by atoms with E-state index in [1.165, 1.54) is 0 Å². The SMILES string of the molecule is CCCS(=O)(=O)N1CCCCCC1CC(C)N. The summed E-state index contributed by atoms with van der Waals surface area (Å²) in [6.07, 6.45) is 5.67. The Morgan fingerprint density at radius 2 is 2.06 bits per heavy atom. The van der Waals surface area contributed by atoms with Crippen molar-refractivity contribution in [3.05, 3.63) is 0 Å². The zero-order valence-corrected chi connectivity index (χ0v) is 11.9. The highest BCUT2D eigenvalue weighted by molar-refractivity contribution is 7.89. The first-order chi connectivity index (χ1) is 7.97. The van der Waals surface area contributed by atoms with Gasteiger partial charge in [0.25, 0.3) is 0 Å². The number of nitrogens with zero attached hydrogens (tertiary/aromatic N) is 1. The summed E-state index contributed by atoms with van der Waals surface area (Å²) in [4.78, 5) is 0. The molecule has 1 saturated heterocycles. The molecule has 1 rings (SSSR count). The molecule has 0 aromatic carbocycles. The zero-order chi connectivity index (χ0) is 12.9. The van der Waals surface area contributed by atoms with Gasteiger partial charge in [-0.3, -0.25) is 0 Å². The molecule has 2 N–H and O–H groups in total. The second-order valence-corrected chi connectivity index (χ2v) is 7.18. The molecule has 2 atom stereocenters. The number of rotatable bonds is 5. The molecule has 1 fully saturated rings. The van der Waals surface area contributed by atoms with Crippen LogP contribution in [0.25, 0.3) is 0 Å². The van der Waals surface area contributed by atoms with Crippen molar-refractivity contribution < 1.29 is 8.42 Å². The van der Waals surface area contributed by atoms with Crippen LogP contribution in [0.1, 0.15) is 52.4 Å². The minimum Gasteiger partial charge on any atom is -0.328 e. The Morgan fingerprint density at radius 3 is 2.65 bits per heavy atom. The summed E-state index contributed by atoms with van der Waals surface area (Å²) in [5.74, 6) is 0.266. The molecule has 2 unspecified atom stereocenters. The van der Waals surface area contributed by atoms with Crippen molar-refractivity contribution in [3.8, 4) is 0 Å². The van der Waals surface area contributed by atoms with Crippen LogP contribution in [0.4, 0.5) is 0 Å². The minimum absolute atomic E-state index is 0.0671. The van der Waals surface area contributed by atoms with E-state index < -0.39 is 10.0 Å². The van der Waals surface area contributed by atoms with Gasteiger partial charge in [-0.25, -0.2) is 8.42 Å². The van der Waals surface area contributed by atoms with E-state index in [4.69, 9.17) is 5.73 Å². The third-order valence-electron chi connectivity index (χ3n) is 3.29. The minimum atomic E-state index is -3.07. The van der Waals surface area contributed by atoms with Gasteiger partial charge in [-0.1, -0.05) is 19.8 Å². The topological polar surface area (TPSA) is 63.4 Å². The van der Waals surface area contributed by atoms with Gasteiger partial charge in [0.15, 0.2) is 0 Å². The summed E-state index contributed by atoms with van der Waals surface area (Å²) in [7, 11) is -3.07. The third-order valence-corrected chi connectivity index (χ3v) is 5.41. The van der Waals surface area contributed by atoms with E-state index in [9.17, 15) is 8.42 Å². The molecule has 0 saturated carbocycles. The van der Waals surface area contributed by atoms with E-state index in [0.717, 1.165) is 32.1 Å². The first-order valence-corrected chi connectivity index (χ1v) is 8.33. The Balaban J connectivity index is 2.81. The van der Waals surface area contributed by atoms with Gasteiger partial charge < -0.3 is 5.73 Å². The lowest BCUT2D eigenvalue weighted by Gasteiger charge is -2.30. The van der Waals surface area contributed by atoms with Crippen LogP contribution >= 0.6 is 0 Å². The molecule has 0 radical (unpaired) electrons. The van der Waals surface area contributed by atoms with Gasteiger partial charge in [0, 0.05) is 18.6 Å². The smallest absolute Gasteiger partial charge is 0.214 e. The maximum Gasteiger partial charge on any atom is 0.214 e. The molecule has 0 spiro atoms. The van der Waals surface area contributed by atoms with E-state index in [2.05, 4.69) is 0 Å². The van der Waals surface area contributed by atoms with Crippen molar-refractivity contribution in [2.75, 3.05) is 12.3 Å². The van der Waals surface area contributed by atoms with Gasteiger partial charge in [-0.15, -0.1) is 0 Å². The van der Waals surface area contributed by atoms with Gasteiger partial charge in [-0.05, 0) is 32.6 Å². The molecule has 0 amide bonds. The number of nitrogens with two attached hydrogens (primary N) is 1. The van der Waals surface area contributed by atoms with Gasteiger partial charge in [0.2, 0.25) is 10.0 Å². The molecule has 0 aromatic rings. The highest BCUT2D eigenvalue weighted by Gasteiger charge is 2.30. The molecule has 0 aromatic heterocycles. The Labute approximate surface area is 106 Å². The van der Waals surface area contributed by atoms with Crippen molar-refractivity contribution in [3.63, 3.8) is 0 Å². The van der Waals surface area contributed by atoms with Crippen LogP contribution < -0.4 is 5.73 Å². The van der Waals surface area contributed by atoms with Crippen LogP contribution in [0.15, 0.2) is 0 Å². The van der Waals surface area contributed by atoms with Gasteiger partial charge >= 0.3 is 0 Å². The Kier molecular flexibility index (Phi) is 5.89. The second-order valence-electron chi connectivity index (χ2n) is 5.14. The summed E-state index contributed by atoms with van der Waals surface area (Å²) < 4.78 is 26.2. The molecule has 1 heterocycles. The van der Waals surface area contributed by atoms with Crippen molar-refractivity contribution in [2.45, 2.75) is 64.5 Å². The van der Waals surface area contributed by atoms with Crippen LogP contribution in [0, 0.1) is 0 Å². The molecule has 4 nitrogen and oxygen atoms in total. The average Bonchev–Trinajstić information content (AvgIpc) is 2.42. The van der Waals surface area contributed by atoms with Crippen molar-refractivity contribution in [2.24, 2.45) is 5.73 Å². The van der Waals surface area contributed by atoms with Gasteiger partial charge in [0.1, 0.15) is 0 Å². The van der Waals surface area contributed by atoms with Crippen molar-refractivity contribution in [1.29, 1.82) is 0 Å². The number of sulfonamides is 1. The van der Waals surface area contributed by atoms with E-state index in [-0.39, 0.29) is 17.8 Å². The summed E-state index contributed by atoms with van der Waals surface area (Å²) in [6, 6.07) is 0.187. The first kappa shape index (κ1) is 14.9. The van der Waals surface area contributed by atoms with Crippen LogP contribution in [-0.4, -0.2) is 37.1 Å². The van der Waals surface area contributed by atoms with Gasteiger partial charge in [0.05, 0.1) is 5.75 Å². The van der Waals surface area contributed by atoms with Crippen molar-refractivity contribution in [1.82, 2.24) is 4.31 Å². The van der Waals surface area contributed by atoms with Crippen molar-refractivity contribution >= 4 is 10.0 Å². The molecule has 0 aliphatic carbocycles.